The van der Waals surface area contributed by atoms with Gasteiger partial charge >= 0.3 is 0 Å². The number of aryl methyl sites for hydroxylation is 1. The maximum atomic E-state index is 13.4. The highest BCUT2D eigenvalue weighted by molar-refractivity contribution is 5.44. The maximum absolute atomic E-state index is 13.4. The summed E-state index contributed by atoms with van der Waals surface area (Å²) < 4.78 is 13.4. The van der Waals surface area contributed by atoms with Gasteiger partial charge in [-0.1, -0.05) is 19.9 Å². The minimum Gasteiger partial charge on any atom is -0.507 e. The molecule has 0 aliphatic carbocycles. The van der Waals surface area contributed by atoms with Gasteiger partial charge in [-0.2, -0.15) is 0 Å². The van der Waals surface area contributed by atoms with Crippen LogP contribution in [0, 0.1) is 12.7 Å². The van der Waals surface area contributed by atoms with Gasteiger partial charge in [0.1, 0.15) is 11.6 Å². The molecule has 0 radical (unpaired) electrons. The van der Waals surface area contributed by atoms with Crippen molar-refractivity contribution in [3.05, 3.63) is 29.1 Å². The lowest BCUT2D eigenvalue weighted by Crippen LogP contribution is -2.24. The molecule has 78 valence electrons. The zero-order chi connectivity index (χ0) is 10.9. The molecular weight excluding hydrogens is 183 g/mol. The van der Waals surface area contributed by atoms with Crippen molar-refractivity contribution in [3.63, 3.8) is 0 Å². The van der Waals surface area contributed by atoms with E-state index in [1.54, 1.807) is 20.8 Å². The second-order valence-electron chi connectivity index (χ2n) is 4.13. The summed E-state index contributed by atoms with van der Waals surface area (Å²) in [7, 11) is 0. The van der Waals surface area contributed by atoms with Crippen LogP contribution >= 0.6 is 0 Å². The standard InChI is InChI=1S/C11H15FO2/c1-7-4-5-8(12)9(10(7)14)11(2,3)6-13/h4-5,13-14H,6H2,1-3H3. The molecule has 0 fully saturated rings. The first kappa shape index (κ1) is 11.0. The predicted octanol–water partition coefficient (Wildman–Crippen LogP) is 2.11. The van der Waals surface area contributed by atoms with E-state index in [9.17, 15) is 9.50 Å². The first-order valence-corrected chi connectivity index (χ1v) is 4.49. The Morgan fingerprint density at radius 1 is 1.36 bits per heavy atom. The Kier molecular flexibility index (Phi) is 2.81. The van der Waals surface area contributed by atoms with Crippen LogP contribution in [0.2, 0.25) is 0 Å². The van der Waals surface area contributed by atoms with E-state index in [4.69, 9.17) is 5.11 Å². The number of rotatable bonds is 2. The molecule has 2 nitrogen and oxygen atoms in total. The van der Waals surface area contributed by atoms with Crippen LogP contribution < -0.4 is 0 Å². The highest BCUT2D eigenvalue weighted by Crippen LogP contribution is 2.34. The second-order valence-corrected chi connectivity index (χ2v) is 4.13. The maximum Gasteiger partial charge on any atom is 0.130 e. The molecular formula is C11H15FO2. The van der Waals surface area contributed by atoms with Gasteiger partial charge < -0.3 is 10.2 Å². The van der Waals surface area contributed by atoms with Crippen LogP contribution in [-0.4, -0.2) is 16.8 Å². The molecule has 0 aliphatic heterocycles. The lowest BCUT2D eigenvalue weighted by atomic mass is 9.83. The number of phenols is 1. The van der Waals surface area contributed by atoms with Crippen molar-refractivity contribution in [2.75, 3.05) is 6.61 Å². The monoisotopic (exact) mass is 198 g/mol. The van der Waals surface area contributed by atoms with Crippen molar-refractivity contribution in [2.45, 2.75) is 26.2 Å². The Bertz CT molecular complexity index is 345. The summed E-state index contributed by atoms with van der Waals surface area (Å²) in [6, 6.07) is 2.82. The molecule has 1 aromatic carbocycles. The van der Waals surface area contributed by atoms with Crippen molar-refractivity contribution >= 4 is 0 Å². The van der Waals surface area contributed by atoms with Crippen molar-refractivity contribution in [1.29, 1.82) is 0 Å². The van der Waals surface area contributed by atoms with Gasteiger partial charge in [-0.25, -0.2) is 4.39 Å². The molecule has 0 saturated heterocycles. The minimum atomic E-state index is -0.764. The number of phenolic OH excluding ortho intramolecular Hbond substituents is 1. The molecule has 0 aromatic heterocycles. The predicted molar refractivity (Wildman–Crippen MR) is 52.9 cm³/mol. The Labute approximate surface area is 83.0 Å². The highest BCUT2D eigenvalue weighted by atomic mass is 19.1. The zero-order valence-electron chi connectivity index (χ0n) is 8.63. The molecule has 0 saturated carbocycles. The largest absolute Gasteiger partial charge is 0.507 e. The van der Waals surface area contributed by atoms with Crippen molar-refractivity contribution in [2.24, 2.45) is 0 Å². The molecule has 3 heteroatoms. The van der Waals surface area contributed by atoms with Crippen LogP contribution in [0.1, 0.15) is 25.0 Å². The minimum absolute atomic E-state index is 0.0657. The fourth-order valence-corrected chi connectivity index (χ4v) is 1.39. The van der Waals surface area contributed by atoms with Gasteiger partial charge in [0.2, 0.25) is 0 Å². The van der Waals surface area contributed by atoms with Crippen molar-refractivity contribution in [3.8, 4) is 5.75 Å². The fourth-order valence-electron chi connectivity index (χ4n) is 1.39. The lowest BCUT2D eigenvalue weighted by molar-refractivity contribution is 0.211. The van der Waals surface area contributed by atoms with Crippen LogP contribution in [0.5, 0.6) is 5.75 Å². The first-order valence-electron chi connectivity index (χ1n) is 4.49. The topological polar surface area (TPSA) is 40.5 Å². The molecule has 0 atom stereocenters. The molecule has 1 aromatic rings. The summed E-state index contributed by atoms with van der Waals surface area (Å²) >= 11 is 0. The lowest BCUT2D eigenvalue weighted by Gasteiger charge is -2.24. The van der Waals surface area contributed by atoms with Crippen LogP contribution in [0.15, 0.2) is 12.1 Å². The van der Waals surface area contributed by atoms with Gasteiger partial charge in [0.25, 0.3) is 0 Å². The van der Waals surface area contributed by atoms with Crippen LogP contribution in [-0.2, 0) is 5.41 Å². The second kappa shape index (κ2) is 3.58. The Morgan fingerprint density at radius 3 is 2.43 bits per heavy atom. The zero-order valence-corrected chi connectivity index (χ0v) is 8.63. The van der Waals surface area contributed by atoms with Crippen LogP contribution in [0.25, 0.3) is 0 Å². The first-order chi connectivity index (χ1) is 6.40. The van der Waals surface area contributed by atoms with E-state index >= 15 is 0 Å². The van der Waals surface area contributed by atoms with E-state index in [0.29, 0.717) is 5.56 Å². The Morgan fingerprint density at radius 2 is 1.93 bits per heavy atom. The summed E-state index contributed by atoms with van der Waals surface area (Å²) in [4.78, 5) is 0. The Hall–Kier alpha value is -1.09. The average Bonchev–Trinajstić information content (AvgIpc) is 2.12. The molecule has 0 heterocycles. The Balaban J connectivity index is 3.40. The van der Waals surface area contributed by atoms with Gasteiger partial charge in [-0.3, -0.25) is 0 Å². The molecule has 1 rings (SSSR count). The SMILES string of the molecule is Cc1ccc(F)c(C(C)(C)CO)c1O. The number of aliphatic hydroxyl groups excluding tert-OH is 1. The number of aliphatic hydroxyl groups is 1. The number of aromatic hydroxyl groups is 1. The molecule has 0 aliphatic rings. The average molecular weight is 198 g/mol. The molecule has 14 heavy (non-hydrogen) atoms. The van der Waals surface area contributed by atoms with E-state index in [2.05, 4.69) is 0 Å². The number of benzene rings is 1. The summed E-state index contributed by atoms with van der Waals surface area (Å²) in [6.07, 6.45) is 0. The van der Waals surface area contributed by atoms with Gasteiger partial charge in [0.05, 0.1) is 6.61 Å². The highest BCUT2D eigenvalue weighted by Gasteiger charge is 2.27. The van der Waals surface area contributed by atoms with E-state index < -0.39 is 11.2 Å². The van der Waals surface area contributed by atoms with Crippen LogP contribution in [0.3, 0.4) is 0 Å². The molecule has 0 bridgehead atoms. The van der Waals surface area contributed by atoms with Crippen molar-refractivity contribution in [1.82, 2.24) is 0 Å². The van der Waals surface area contributed by atoms with Gasteiger partial charge in [0, 0.05) is 11.0 Å². The summed E-state index contributed by atoms with van der Waals surface area (Å²) in [6.45, 7) is 4.86. The van der Waals surface area contributed by atoms with E-state index in [1.165, 1.54) is 12.1 Å². The summed E-state index contributed by atoms with van der Waals surface area (Å²) in [5.74, 6) is -0.545. The third kappa shape index (κ3) is 1.73. The van der Waals surface area contributed by atoms with Gasteiger partial charge in [-0.05, 0) is 18.6 Å². The van der Waals surface area contributed by atoms with Gasteiger partial charge in [-0.15, -0.1) is 0 Å². The summed E-state index contributed by atoms with van der Waals surface area (Å²) in [5, 5.41) is 18.8. The fraction of sp³-hybridized carbons (Fsp3) is 0.455. The number of halogens is 1. The third-order valence-corrected chi connectivity index (χ3v) is 2.40. The quantitative estimate of drug-likeness (QED) is 0.764. The van der Waals surface area contributed by atoms with E-state index in [-0.39, 0.29) is 17.9 Å². The molecule has 0 amide bonds. The molecule has 0 unspecified atom stereocenters. The van der Waals surface area contributed by atoms with Gasteiger partial charge in [0.15, 0.2) is 0 Å². The molecule has 2 N–H and O–H groups in total. The number of hydrogen-bond acceptors (Lipinski definition) is 2. The summed E-state index contributed by atoms with van der Waals surface area (Å²) in [5.41, 5.74) is 0.0307. The normalized spacial score (nSPS) is 11.8. The van der Waals surface area contributed by atoms with Crippen molar-refractivity contribution < 1.29 is 14.6 Å². The molecule has 0 spiro atoms. The van der Waals surface area contributed by atoms with Crippen LogP contribution in [0.4, 0.5) is 4.39 Å². The third-order valence-electron chi connectivity index (χ3n) is 2.40. The van der Waals surface area contributed by atoms with E-state index in [1.807, 2.05) is 0 Å². The van der Waals surface area contributed by atoms with E-state index in [0.717, 1.165) is 0 Å². The smallest absolute Gasteiger partial charge is 0.130 e. The number of hydrogen-bond donors (Lipinski definition) is 2.